The van der Waals surface area contributed by atoms with Gasteiger partial charge >= 0.3 is 0 Å². The molecule has 0 fully saturated rings. The van der Waals surface area contributed by atoms with Gasteiger partial charge in [0.1, 0.15) is 5.65 Å². The first-order chi connectivity index (χ1) is 11.3. The third kappa shape index (κ3) is 1.73. The Morgan fingerprint density at radius 3 is 2.35 bits per heavy atom. The van der Waals surface area contributed by atoms with Crippen molar-refractivity contribution in [1.29, 1.82) is 0 Å². The molecule has 0 amide bonds. The van der Waals surface area contributed by atoms with E-state index in [2.05, 4.69) is 84.4 Å². The van der Waals surface area contributed by atoms with E-state index in [1.807, 2.05) is 4.52 Å². The molecule has 0 saturated heterocycles. The number of hydrogen-bond acceptors (Lipinski definition) is 1. The van der Waals surface area contributed by atoms with Gasteiger partial charge in [0.2, 0.25) is 0 Å². The highest BCUT2D eigenvalue weighted by Crippen LogP contribution is 2.27. The number of rotatable bonds is 1. The van der Waals surface area contributed by atoms with Crippen LogP contribution in [0.4, 0.5) is 0 Å². The molecule has 0 aliphatic heterocycles. The van der Waals surface area contributed by atoms with Crippen molar-refractivity contribution in [3.63, 3.8) is 0 Å². The number of aryl methyl sites for hydroxylation is 1. The zero-order chi connectivity index (χ0) is 15.4. The molecule has 110 valence electrons. The lowest BCUT2D eigenvalue weighted by Crippen LogP contribution is -1.85. The van der Waals surface area contributed by atoms with Crippen molar-refractivity contribution < 1.29 is 0 Å². The summed E-state index contributed by atoms with van der Waals surface area (Å²) >= 11 is 0. The Bertz CT molecular complexity index is 1180. The molecular weight excluding hydrogens is 282 g/mol. The number of imidazole rings is 1. The lowest BCUT2D eigenvalue weighted by Gasteiger charge is -2.01. The summed E-state index contributed by atoms with van der Waals surface area (Å²) in [6, 6.07) is 25.4. The first-order valence-electron chi connectivity index (χ1n) is 7.74. The van der Waals surface area contributed by atoms with Crippen molar-refractivity contribution in [3.05, 3.63) is 72.8 Å². The minimum absolute atomic E-state index is 1.01. The van der Waals surface area contributed by atoms with Gasteiger partial charge in [-0.05, 0) is 29.0 Å². The molecule has 0 spiro atoms. The summed E-state index contributed by atoms with van der Waals surface area (Å²) in [5, 5.41) is 7.33. The summed E-state index contributed by atoms with van der Waals surface area (Å²) in [6.07, 6.45) is 0. The molecule has 23 heavy (non-hydrogen) atoms. The Hall–Kier alpha value is -3.07. The zero-order valence-corrected chi connectivity index (χ0v) is 12.8. The van der Waals surface area contributed by atoms with E-state index in [4.69, 9.17) is 5.10 Å². The average Bonchev–Trinajstić information content (AvgIpc) is 3.15. The second-order valence-electron chi connectivity index (χ2n) is 5.91. The summed E-state index contributed by atoms with van der Waals surface area (Å²) in [6.45, 7) is 0. The third-order valence-electron chi connectivity index (χ3n) is 4.55. The molecule has 0 aliphatic carbocycles. The second kappa shape index (κ2) is 4.46. The van der Waals surface area contributed by atoms with Gasteiger partial charge in [-0.25, -0.2) is 4.52 Å². The Balaban J connectivity index is 1.77. The summed E-state index contributed by atoms with van der Waals surface area (Å²) < 4.78 is 4.22. The predicted molar refractivity (Wildman–Crippen MR) is 94.6 cm³/mol. The number of aromatic nitrogens is 3. The molecular formula is C20H15N3. The molecule has 3 heteroatoms. The zero-order valence-electron chi connectivity index (χ0n) is 12.8. The lowest BCUT2D eigenvalue weighted by atomic mass is 10.1. The van der Waals surface area contributed by atoms with Crippen LogP contribution in [0.5, 0.6) is 0 Å². The molecule has 5 aromatic rings. The van der Waals surface area contributed by atoms with E-state index in [0.29, 0.717) is 0 Å². The number of para-hydroxylation sites is 2. The van der Waals surface area contributed by atoms with Crippen LogP contribution in [0.2, 0.25) is 0 Å². The highest BCUT2D eigenvalue weighted by molar-refractivity contribution is 5.88. The molecule has 2 heterocycles. The summed E-state index contributed by atoms with van der Waals surface area (Å²) in [4.78, 5) is 0. The number of benzene rings is 3. The van der Waals surface area contributed by atoms with E-state index < -0.39 is 0 Å². The Morgan fingerprint density at radius 1 is 0.739 bits per heavy atom. The molecule has 3 aromatic carbocycles. The first kappa shape index (κ1) is 12.5. The molecule has 2 aromatic heterocycles. The number of fused-ring (bicyclic) bond motifs is 4. The van der Waals surface area contributed by atoms with Crippen LogP contribution in [0.25, 0.3) is 38.7 Å². The van der Waals surface area contributed by atoms with Crippen LogP contribution in [-0.2, 0) is 7.05 Å². The van der Waals surface area contributed by atoms with Crippen molar-refractivity contribution in [2.45, 2.75) is 0 Å². The topological polar surface area (TPSA) is 22.2 Å². The highest BCUT2D eigenvalue weighted by atomic mass is 15.3. The molecule has 5 rings (SSSR count). The van der Waals surface area contributed by atoms with Crippen LogP contribution in [0.15, 0.2) is 72.8 Å². The van der Waals surface area contributed by atoms with Gasteiger partial charge in [0.25, 0.3) is 0 Å². The van der Waals surface area contributed by atoms with E-state index in [1.54, 1.807) is 0 Å². The van der Waals surface area contributed by atoms with E-state index in [9.17, 15) is 0 Å². The fraction of sp³-hybridized carbons (Fsp3) is 0.0500. The highest BCUT2D eigenvalue weighted by Gasteiger charge is 2.12. The monoisotopic (exact) mass is 297 g/mol. The Labute approximate surface area is 133 Å². The van der Waals surface area contributed by atoms with Gasteiger partial charge in [-0.1, -0.05) is 48.5 Å². The predicted octanol–water partition coefficient (Wildman–Crippen LogP) is 4.65. The minimum Gasteiger partial charge on any atom is -0.327 e. The molecule has 0 radical (unpaired) electrons. The van der Waals surface area contributed by atoms with E-state index in [-0.39, 0.29) is 0 Å². The Morgan fingerprint density at radius 2 is 1.48 bits per heavy atom. The van der Waals surface area contributed by atoms with Crippen LogP contribution < -0.4 is 0 Å². The maximum absolute atomic E-state index is 4.83. The minimum atomic E-state index is 1.01. The van der Waals surface area contributed by atoms with Crippen LogP contribution in [0.3, 0.4) is 0 Å². The largest absolute Gasteiger partial charge is 0.327 e. The van der Waals surface area contributed by atoms with Gasteiger partial charge in [-0.15, -0.1) is 0 Å². The summed E-state index contributed by atoms with van der Waals surface area (Å²) in [5.41, 5.74) is 5.59. The van der Waals surface area contributed by atoms with Crippen LogP contribution in [-0.4, -0.2) is 14.2 Å². The third-order valence-corrected chi connectivity index (χ3v) is 4.55. The van der Waals surface area contributed by atoms with Crippen molar-refractivity contribution in [3.8, 4) is 11.3 Å². The number of nitrogens with zero attached hydrogens (tertiary/aromatic N) is 3. The average molecular weight is 297 g/mol. The van der Waals surface area contributed by atoms with Gasteiger partial charge < -0.3 is 4.57 Å². The van der Waals surface area contributed by atoms with Gasteiger partial charge in [0, 0.05) is 18.7 Å². The van der Waals surface area contributed by atoms with Crippen LogP contribution in [0.1, 0.15) is 0 Å². The fourth-order valence-electron chi connectivity index (χ4n) is 3.33. The molecule has 0 atom stereocenters. The van der Waals surface area contributed by atoms with Crippen LogP contribution in [0, 0.1) is 0 Å². The molecule has 0 saturated carbocycles. The summed E-state index contributed by atoms with van der Waals surface area (Å²) in [5.74, 6) is 0. The first-order valence-corrected chi connectivity index (χ1v) is 7.74. The van der Waals surface area contributed by atoms with Gasteiger partial charge in [-0.3, -0.25) is 0 Å². The van der Waals surface area contributed by atoms with E-state index in [0.717, 1.165) is 22.4 Å². The quantitative estimate of drug-likeness (QED) is 0.441. The SMILES string of the molecule is Cn1c2ccccc2n2nc(-c3ccc4ccccc4c3)cc12. The molecule has 0 unspecified atom stereocenters. The van der Waals surface area contributed by atoms with Gasteiger partial charge in [0.15, 0.2) is 0 Å². The maximum atomic E-state index is 4.83. The normalized spacial score (nSPS) is 11.7. The van der Waals surface area contributed by atoms with E-state index >= 15 is 0 Å². The van der Waals surface area contributed by atoms with Crippen molar-refractivity contribution in [2.75, 3.05) is 0 Å². The summed E-state index contributed by atoms with van der Waals surface area (Å²) in [7, 11) is 2.09. The lowest BCUT2D eigenvalue weighted by molar-refractivity contribution is 0.951. The van der Waals surface area contributed by atoms with Crippen LogP contribution >= 0.6 is 0 Å². The van der Waals surface area contributed by atoms with Crippen molar-refractivity contribution >= 4 is 27.5 Å². The van der Waals surface area contributed by atoms with E-state index in [1.165, 1.54) is 16.3 Å². The standard InChI is InChI=1S/C20H15N3/c1-22-18-8-4-5-9-19(18)23-20(22)13-17(21-23)16-11-10-14-6-2-3-7-15(14)12-16/h2-13H,1H3. The smallest absolute Gasteiger partial charge is 0.137 e. The van der Waals surface area contributed by atoms with Gasteiger partial charge in [-0.2, -0.15) is 5.10 Å². The molecule has 0 bridgehead atoms. The number of hydrogen-bond donors (Lipinski definition) is 0. The van der Waals surface area contributed by atoms with Gasteiger partial charge in [0.05, 0.1) is 16.7 Å². The molecule has 3 nitrogen and oxygen atoms in total. The maximum Gasteiger partial charge on any atom is 0.137 e. The van der Waals surface area contributed by atoms with Crippen molar-refractivity contribution in [2.24, 2.45) is 7.05 Å². The fourth-order valence-corrected chi connectivity index (χ4v) is 3.33. The molecule has 0 aliphatic rings. The molecule has 0 N–H and O–H groups in total. The van der Waals surface area contributed by atoms with Crippen molar-refractivity contribution in [1.82, 2.24) is 14.2 Å². The second-order valence-corrected chi connectivity index (χ2v) is 5.91. The Kier molecular flexibility index (Phi) is 2.42.